The number of hydrogen-bond donors (Lipinski definition) is 1. The minimum atomic E-state index is -0.687. The highest BCUT2D eigenvalue weighted by molar-refractivity contribution is 5.66. The lowest BCUT2D eigenvalue weighted by Gasteiger charge is -2.31. The summed E-state index contributed by atoms with van der Waals surface area (Å²) in [6.07, 6.45) is 3.26. The third-order valence-electron chi connectivity index (χ3n) is 3.85. The van der Waals surface area contributed by atoms with E-state index in [2.05, 4.69) is 9.88 Å². The van der Waals surface area contributed by atoms with Crippen LogP contribution in [0.25, 0.3) is 0 Å². The van der Waals surface area contributed by atoms with Crippen LogP contribution in [0.15, 0.2) is 18.2 Å². The van der Waals surface area contributed by atoms with Crippen molar-refractivity contribution in [1.82, 2.24) is 9.88 Å². The van der Waals surface area contributed by atoms with Gasteiger partial charge in [-0.25, -0.2) is 4.98 Å². The second-order valence-corrected chi connectivity index (χ2v) is 5.32. The van der Waals surface area contributed by atoms with Gasteiger partial charge in [0.05, 0.1) is 12.8 Å². The summed E-state index contributed by atoms with van der Waals surface area (Å²) in [7, 11) is 1.63. The van der Waals surface area contributed by atoms with E-state index in [-0.39, 0.29) is 0 Å². The van der Waals surface area contributed by atoms with Crippen LogP contribution in [0, 0.1) is 5.92 Å². The number of ether oxygens (including phenoxy) is 1. The molecule has 0 aromatic carbocycles. The van der Waals surface area contributed by atoms with Crippen molar-refractivity contribution in [2.24, 2.45) is 5.92 Å². The van der Waals surface area contributed by atoms with E-state index < -0.39 is 5.97 Å². The van der Waals surface area contributed by atoms with Crippen LogP contribution in [-0.2, 0) is 11.3 Å². The maximum Gasteiger partial charge on any atom is 0.303 e. The summed E-state index contributed by atoms with van der Waals surface area (Å²) in [5.41, 5.74) is 1.02. The van der Waals surface area contributed by atoms with E-state index in [1.54, 1.807) is 7.11 Å². The first kappa shape index (κ1) is 14.8. The van der Waals surface area contributed by atoms with E-state index in [1.165, 1.54) is 0 Å². The molecular formula is C15H22N2O3. The number of methoxy groups -OCH3 is 1. The van der Waals surface area contributed by atoms with Gasteiger partial charge in [-0.2, -0.15) is 0 Å². The second kappa shape index (κ2) is 7.24. The minimum absolute atomic E-state index is 0.294. The summed E-state index contributed by atoms with van der Waals surface area (Å²) >= 11 is 0. The van der Waals surface area contributed by atoms with Gasteiger partial charge in [-0.3, -0.25) is 9.69 Å². The third kappa shape index (κ3) is 4.49. The van der Waals surface area contributed by atoms with E-state index in [4.69, 9.17) is 9.84 Å². The average Bonchev–Trinajstić information content (AvgIpc) is 2.47. The Morgan fingerprint density at radius 3 is 2.85 bits per heavy atom. The number of pyridine rings is 1. The molecule has 1 aromatic rings. The molecule has 2 rings (SSSR count). The molecule has 0 spiro atoms. The molecule has 0 bridgehead atoms. The number of carboxylic acid groups (broad SMARTS) is 1. The van der Waals surface area contributed by atoms with E-state index in [0.717, 1.165) is 44.6 Å². The van der Waals surface area contributed by atoms with Crippen molar-refractivity contribution in [3.63, 3.8) is 0 Å². The Kier molecular flexibility index (Phi) is 5.35. The SMILES string of the molecule is COc1cccc(CN2CCC(CCC(=O)O)CC2)n1. The quantitative estimate of drug-likeness (QED) is 0.864. The van der Waals surface area contributed by atoms with Crippen molar-refractivity contribution < 1.29 is 14.6 Å². The van der Waals surface area contributed by atoms with Crippen LogP contribution in [-0.4, -0.2) is 41.2 Å². The van der Waals surface area contributed by atoms with E-state index >= 15 is 0 Å². The number of aliphatic carboxylic acids is 1. The average molecular weight is 278 g/mol. The molecular weight excluding hydrogens is 256 g/mol. The molecule has 0 atom stereocenters. The highest BCUT2D eigenvalue weighted by Crippen LogP contribution is 2.23. The highest BCUT2D eigenvalue weighted by atomic mass is 16.5. The molecule has 0 amide bonds. The number of rotatable bonds is 6. The smallest absolute Gasteiger partial charge is 0.303 e. The van der Waals surface area contributed by atoms with Gasteiger partial charge in [0.15, 0.2) is 0 Å². The Balaban J connectivity index is 1.77. The van der Waals surface area contributed by atoms with Crippen molar-refractivity contribution in [3.05, 3.63) is 23.9 Å². The molecule has 20 heavy (non-hydrogen) atoms. The Bertz CT molecular complexity index is 442. The summed E-state index contributed by atoms with van der Waals surface area (Å²) in [5, 5.41) is 8.71. The first-order valence-corrected chi connectivity index (χ1v) is 7.11. The Labute approximate surface area is 119 Å². The summed E-state index contributed by atoms with van der Waals surface area (Å²) < 4.78 is 5.13. The number of carboxylic acids is 1. The molecule has 1 saturated heterocycles. The van der Waals surface area contributed by atoms with Crippen LogP contribution in [0.3, 0.4) is 0 Å². The fourth-order valence-corrected chi connectivity index (χ4v) is 2.65. The maximum atomic E-state index is 10.6. The van der Waals surface area contributed by atoms with Crippen molar-refractivity contribution in [2.45, 2.75) is 32.2 Å². The van der Waals surface area contributed by atoms with Crippen LogP contribution in [0.5, 0.6) is 5.88 Å². The standard InChI is InChI=1S/C15H22N2O3/c1-20-14-4-2-3-13(16-14)11-17-9-7-12(8-10-17)5-6-15(18)19/h2-4,12H,5-11H2,1H3,(H,18,19). The molecule has 0 radical (unpaired) electrons. The number of carbonyl (C=O) groups is 1. The van der Waals surface area contributed by atoms with E-state index in [1.807, 2.05) is 18.2 Å². The van der Waals surface area contributed by atoms with Gasteiger partial charge in [-0.05, 0) is 44.3 Å². The van der Waals surface area contributed by atoms with Gasteiger partial charge in [0.2, 0.25) is 5.88 Å². The van der Waals surface area contributed by atoms with Crippen molar-refractivity contribution >= 4 is 5.97 Å². The molecule has 2 heterocycles. The second-order valence-electron chi connectivity index (χ2n) is 5.32. The van der Waals surface area contributed by atoms with Crippen LogP contribution < -0.4 is 4.74 Å². The Morgan fingerprint density at radius 1 is 1.45 bits per heavy atom. The number of hydrogen-bond acceptors (Lipinski definition) is 4. The first-order valence-electron chi connectivity index (χ1n) is 7.11. The number of nitrogens with zero attached hydrogens (tertiary/aromatic N) is 2. The number of likely N-dealkylation sites (tertiary alicyclic amines) is 1. The van der Waals surface area contributed by atoms with Gasteiger partial charge >= 0.3 is 5.97 Å². The van der Waals surface area contributed by atoms with Crippen LogP contribution in [0.1, 0.15) is 31.4 Å². The molecule has 0 aliphatic carbocycles. The van der Waals surface area contributed by atoms with Gasteiger partial charge < -0.3 is 9.84 Å². The van der Waals surface area contributed by atoms with Gasteiger partial charge in [-0.15, -0.1) is 0 Å². The number of piperidine rings is 1. The summed E-state index contributed by atoms with van der Waals surface area (Å²) in [4.78, 5) is 17.4. The largest absolute Gasteiger partial charge is 0.481 e. The van der Waals surface area contributed by atoms with Gasteiger partial charge in [0, 0.05) is 19.0 Å². The molecule has 5 nitrogen and oxygen atoms in total. The maximum absolute atomic E-state index is 10.6. The van der Waals surface area contributed by atoms with E-state index in [9.17, 15) is 4.79 Å². The third-order valence-corrected chi connectivity index (χ3v) is 3.85. The molecule has 0 saturated carbocycles. The lowest BCUT2D eigenvalue weighted by atomic mass is 9.92. The monoisotopic (exact) mass is 278 g/mol. The number of aromatic nitrogens is 1. The highest BCUT2D eigenvalue weighted by Gasteiger charge is 2.20. The normalized spacial score (nSPS) is 17.1. The molecule has 1 N–H and O–H groups in total. The fraction of sp³-hybridized carbons (Fsp3) is 0.600. The van der Waals surface area contributed by atoms with Gasteiger partial charge in [0.25, 0.3) is 0 Å². The predicted molar refractivity (Wildman–Crippen MR) is 75.7 cm³/mol. The molecule has 1 aromatic heterocycles. The molecule has 0 unspecified atom stereocenters. The van der Waals surface area contributed by atoms with Gasteiger partial charge in [-0.1, -0.05) is 6.07 Å². The molecule has 1 fully saturated rings. The first-order chi connectivity index (χ1) is 9.67. The Hall–Kier alpha value is -1.62. The zero-order valence-corrected chi connectivity index (χ0v) is 11.9. The topological polar surface area (TPSA) is 62.7 Å². The molecule has 5 heteroatoms. The molecule has 1 aliphatic heterocycles. The predicted octanol–water partition coefficient (Wildman–Crippen LogP) is 2.17. The zero-order valence-electron chi connectivity index (χ0n) is 11.9. The minimum Gasteiger partial charge on any atom is -0.481 e. The van der Waals surface area contributed by atoms with Crippen LogP contribution >= 0.6 is 0 Å². The van der Waals surface area contributed by atoms with Crippen LogP contribution in [0.4, 0.5) is 0 Å². The van der Waals surface area contributed by atoms with Crippen LogP contribution in [0.2, 0.25) is 0 Å². The summed E-state index contributed by atoms with van der Waals surface area (Å²) in [6, 6.07) is 5.82. The van der Waals surface area contributed by atoms with Crippen molar-refractivity contribution in [3.8, 4) is 5.88 Å². The van der Waals surface area contributed by atoms with Crippen molar-refractivity contribution in [1.29, 1.82) is 0 Å². The zero-order chi connectivity index (χ0) is 14.4. The lowest BCUT2D eigenvalue weighted by Crippen LogP contribution is -2.33. The summed E-state index contributed by atoms with van der Waals surface area (Å²) in [5.74, 6) is 0.521. The molecule has 1 aliphatic rings. The Morgan fingerprint density at radius 2 is 2.20 bits per heavy atom. The van der Waals surface area contributed by atoms with Gasteiger partial charge in [0.1, 0.15) is 0 Å². The molecule has 110 valence electrons. The lowest BCUT2D eigenvalue weighted by molar-refractivity contribution is -0.137. The van der Waals surface area contributed by atoms with Crippen molar-refractivity contribution in [2.75, 3.05) is 20.2 Å². The van der Waals surface area contributed by atoms with E-state index in [0.29, 0.717) is 18.2 Å². The summed E-state index contributed by atoms with van der Waals surface area (Å²) in [6.45, 7) is 2.87. The fourth-order valence-electron chi connectivity index (χ4n) is 2.65.